The molecule has 0 aliphatic heterocycles. The van der Waals surface area contributed by atoms with E-state index in [0.29, 0.717) is 0 Å². The summed E-state index contributed by atoms with van der Waals surface area (Å²) in [6, 6.07) is 0. The van der Waals surface area contributed by atoms with Gasteiger partial charge in [-0.15, -0.1) is 0 Å². The minimum atomic E-state index is -2.20. The van der Waals surface area contributed by atoms with Gasteiger partial charge in [-0.05, 0) is 0 Å². The monoisotopic (exact) mass is 342 g/mol. The summed E-state index contributed by atoms with van der Waals surface area (Å²) >= 11 is 0. The molecular formula is C9H13O8P3. The minimum Gasteiger partial charge on any atom is -0.451 e. The highest BCUT2D eigenvalue weighted by Gasteiger charge is 2.48. The first-order valence-corrected chi connectivity index (χ1v) is 6.32. The number of hydrogen-bond donors (Lipinski definition) is 0. The largest absolute Gasteiger partial charge is 0.451 e. The van der Waals surface area contributed by atoms with Crippen molar-refractivity contribution < 1.29 is 37.5 Å². The van der Waals surface area contributed by atoms with E-state index in [-0.39, 0.29) is 0 Å². The van der Waals surface area contributed by atoms with E-state index in [1.165, 1.54) is 0 Å². The smallest absolute Gasteiger partial charge is 0.354 e. The Balaban J connectivity index is 5.54. The summed E-state index contributed by atoms with van der Waals surface area (Å²) in [5.41, 5.74) is -2.20. The van der Waals surface area contributed by atoms with Gasteiger partial charge in [-0.1, -0.05) is 6.58 Å². The lowest BCUT2D eigenvalue weighted by molar-refractivity contribution is -0.179. The molecule has 0 aromatic carbocycles. The van der Waals surface area contributed by atoms with Gasteiger partial charge in [0.15, 0.2) is 0 Å². The molecule has 20 heavy (non-hydrogen) atoms. The highest BCUT2D eigenvalue weighted by atomic mass is 31.0. The van der Waals surface area contributed by atoms with Crippen molar-refractivity contribution in [3.63, 3.8) is 0 Å². The van der Waals surface area contributed by atoms with Crippen molar-refractivity contribution in [3.8, 4) is 0 Å². The van der Waals surface area contributed by atoms with Gasteiger partial charge in [0.25, 0.3) is 0 Å². The molecule has 0 aromatic rings. The standard InChI is InChI=1S/C9H13O8P3/c1-2-5(10)14-9(8(13)17-20,3-6(11)15-18)4-7(12)16-19/h2H,1,3-4,18-20H2. The lowest BCUT2D eigenvalue weighted by Gasteiger charge is -2.27. The van der Waals surface area contributed by atoms with Crippen LogP contribution in [0.5, 0.6) is 0 Å². The molecule has 0 aromatic heterocycles. The molecule has 0 aliphatic carbocycles. The summed E-state index contributed by atoms with van der Waals surface area (Å²) in [7, 11) is 4.97. The van der Waals surface area contributed by atoms with Crippen molar-refractivity contribution in [3.05, 3.63) is 12.7 Å². The molecule has 11 heteroatoms. The normalized spacial score (nSPS) is 10.2. The second kappa shape index (κ2) is 8.96. The number of esters is 1. The highest BCUT2D eigenvalue weighted by Crippen LogP contribution is 2.27. The van der Waals surface area contributed by atoms with E-state index in [0.717, 1.165) is 6.08 Å². The lowest BCUT2D eigenvalue weighted by atomic mass is 9.95. The SMILES string of the molecule is C=CC(=O)OC(CC(=O)OP)(CC(=O)OP)C(=O)OP. The fourth-order valence-electron chi connectivity index (χ4n) is 1.21. The Hall–Kier alpha value is -1.09. The van der Waals surface area contributed by atoms with E-state index in [2.05, 4.69) is 20.2 Å². The van der Waals surface area contributed by atoms with Crippen LogP contribution in [0.3, 0.4) is 0 Å². The Morgan fingerprint density at radius 1 is 0.950 bits per heavy atom. The van der Waals surface area contributed by atoms with E-state index in [4.69, 9.17) is 4.74 Å². The highest BCUT2D eigenvalue weighted by molar-refractivity contribution is 7.11. The van der Waals surface area contributed by atoms with Crippen molar-refractivity contribution in [1.29, 1.82) is 0 Å². The van der Waals surface area contributed by atoms with E-state index in [1.807, 2.05) is 0 Å². The van der Waals surface area contributed by atoms with Crippen LogP contribution in [0.2, 0.25) is 0 Å². The van der Waals surface area contributed by atoms with Gasteiger partial charge in [0.1, 0.15) is 0 Å². The number of ether oxygens (including phenoxy) is 1. The van der Waals surface area contributed by atoms with Crippen LogP contribution in [0, 0.1) is 0 Å². The third-order valence-electron chi connectivity index (χ3n) is 2.06. The van der Waals surface area contributed by atoms with Gasteiger partial charge < -0.3 is 18.3 Å². The average Bonchev–Trinajstić information content (AvgIpc) is 2.45. The fraction of sp³-hybridized carbons (Fsp3) is 0.333. The number of rotatable bonds is 7. The van der Waals surface area contributed by atoms with Crippen molar-refractivity contribution in [2.45, 2.75) is 18.4 Å². The second-order valence-electron chi connectivity index (χ2n) is 3.36. The van der Waals surface area contributed by atoms with E-state index in [1.54, 1.807) is 28.4 Å². The zero-order valence-electron chi connectivity index (χ0n) is 10.2. The Labute approximate surface area is 121 Å². The van der Waals surface area contributed by atoms with Crippen molar-refractivity contribution in [1.82, 2.24) is 0 Å². The van der Waals surface area contributed by atoms with Crippen LogP contribution in [0.15, 0.2) is 12.7 Å². The zero-order chi connectivity index (χ0) is 15.8. The van der Waals surface area contributed by atoms with Crippen LogP contribution in [0.25, 0.3) is 0 Å². The topological polar surface area (TPSA) is 105 Å². The molecule has 0 saturated heterocycles. The summed E-state index contributed by atoms with van der Waals surface area (Å²) in [4.78, 5) is 45.8. The number of carbonyl (C=O) groups excluding carboxylic acids is 4. The molecule has 0 fully saturated rings. The van der Waals surface area contributed by atoms with E-state index in [9.17, 15) is 19.2 Å². The molecule has 0 radical (unpaired) electrons. The first kappa shape index (κ1) is 18.9. The Morgan fingerprint density at radius 3 is 1.70 bits per heavy atom. The summed E-state index contributed by atoms with van der Waals surface area (Å²) in [5, 5.41) is 0. The molecule has 0 amide bonds. The van der Waals surface area contributed by atoms with Crippen molar-refractivity contribution in [2.75, 3.05) is 0 Å². The summed E-state index contributed by atoms with van der Waals surface area (Å²) in [6.45, 7) is 3.16. The van der Waals surface area contributed by atoms with Crippen LogP contribution in [-0.4, -0.2) is 29.5 Å². The Morgan fingerprint density at radius 2 is 1.40 bits per heavy atom. The van der Waals surface area contributed by atoms with Crippen LogP contribution in [0.1, 0.15) is 12.8 Å². The molecule has 112 valence electrons. The molecule has 0 bridgehead atoms. The molecule has 8 nitrogen and oxygen atoms in total. The summed E-state index contributed by atoms with van der Waals surface area (Å²) in [5.74, 6) is -3.99. The molecule has 0 N–H and O–H groups in total. The predicted molar refractivity (Wildman–Crippen MR) is 75.7 cm³/mol. The zero-order valence-corrected chi connectivity index (χ0v) is 13.7. The van der Waals surface area contributed by atoms with Gasteiger partial charge in [-0.2, -0.15) is 0 Å². The minimum absolute atomic E-state index is 0.733. The summed E-state index contributed by atoms with van der Waals surface area (Å²) in [6.07, 6.45) is -0.699. The Bertz CT molecular complexity index is 403. The van der Waals surface area contributed by atoms with Gasteiger partial charge in [-0.25, -0.2) is 9.59 Å². The third-order valence-corrected chi connectivity index (χ3v) is 2.80. The lowest BCUT2D eigenvalue weighted by Crippen LogP contribution is -2.47. The first-order chi connectivity index (χ1) is 9.34. The maximum Gasteiger partial charge on any atom is 0.354 e. The number of hydrogen-bond acceptors (Lipinski definition) is 8. The van der Waals surface area contributed by atoms with Crippen LogP contribution >= 0.6 is 28.4 Å². The Kier molecular flexibility index (Phi) is 8.47. The fourth-order valence-corrected chi connectivity index (χ4v) is 1.59. The van der Waals surface area contributed by atoms with Crippen LogP contribution in [-0.2, 0) is 37.5 Å². The van der Waals surface area contributed by atoms with E-state index >= 15 is 0 Å². The molecule has 0 rings (SSSR count). The predicted octanol–water partition coefficient (Wildman–Crippen LogP) is 0.234. The molecule has 3 atom stereocenters. The second-order valence-corrected chi connectivity index (χ2v) is 4.07. The van der Waals surface area contributed by atoms with Crippen molar-refractivity contribution in [2.24, 2.45) is 0 Å². The molecule has 0 heterocycles. The molecule has 0 aliphatic rings. The summed E-state index contributed by atoms with van der Waals surface area (Å²) < 4.78 is 17.8. The maximum absolute atomic E-state index is 11.8. The first-order valence-electron chi connectivity index (χ1n) is 4.91. The third kappa shape index (κ3) is 5.49. The van der Waals surface area contributed by atoms with Gasteiger partial charge in [-0.3, -0.25) is 9.59 Å². The molecule has 0 saturated carbocycles. The quantitative estimate of drug-likeness (QED) is 0.368. The van der Waals surface area contributed by atoms with Gasteiger partial charge in [0, 0.05) is 6.08 Å². The van der Waals surface area contributed by atoms with Gasteiger partial charge in [0.2, 0.25) is 5.60 Å². The van der Waals surface area contributed by atoms with Crippen molar-refractivity contribution >= 4 is 52.3 Å². The molecular weight excluding hydrogens is 329 g/mol. The van der Waals surface area contributed by atoms with Crippen LogP contribution in [0.4, 0.5) is 0 Å². The molecule has 0 spiro atoms. The van der Waals surface area contributed by atoms with Crippen LogP contribution < -0.4 is 0 Å². The maximum atomic E-state index is 11.8. The number of carbonyl (C=O) groups is 4. The molecule has 3 unspecified atom stereocenters. The average molecular weight is 342 g/mol. The van der Waals surface area contributed by atoms with Gasteiger partial charge in [0.05, 0.1) is 41.2 Å². The van der Waals surface area contributed by atoms with E-state index < -0.39 is 42.3 Å². The van der Waals surface area contributed by atoms with Gasteiger partial charge >= 0.3 is 23.9 Å².